The minimum atomic E-state index is -0.0223. The molecule has 25 heavy (non-hydrogen) atoms. The van der Waals surface area contributed by atoms with Crippen LogP contribution in [0.4, 0.5) is 5.82 Å². The van der Waals surface area contributed by atoms with Gasteiger partial charge in [0.15, 0.2) is 0 Å². The summed E-state index contributed by atoms with van der Waals surface area (Å²) < 4.78 is 0. The zero-order valence-electron chi connectivity index (χ0n) is 14.7. The van der Waals surface area contributed by atoms with Crippen molar-refractivity contribution in [3.05, 3.63) is 59.3 Å². The quantitative estimate of drug-likeness (QED) is 0.770. The first-order chi connectivity index (χ1) is 12.2. The Morgan fingerprint density at radius 1 is 1.20 bits per heavy atom. The van der Waals surface area contributed by atoms with Crippen molar-refractivity contribution in [2.75, 3.05) is 30.3 Å². The lowest BCUT2D eigenvalue weighted by Gasteiger charge is -2.19. The van der Waals surface area contributed by atoms with E-state index in [1.54, 1.807) is 6.20 Å². The molecule has 1 fully saturated rings. The molecule has 4 nitrogen and oxygen atoms in total. The van der Waals surface area contributed by atoms with E-state index in [-0.39, 0.29) is 5.91 Å². The van der Waals surface area contributed by atoms with Crippen molar-refractivity contribution in [1.29, 1.82) is 0 Å². The molecule has 1 aliphatic rings. The van der Waals surface area contributed by atoms with Crippen molar-refractivity contribution < 1.29 is 4.79 Å². The third-order valence-corrected chi connectivity index (χ3v) is 5.39. The minimum absolute atomic E-state index is 0.0223. The van der Waals surface area contributed by atoms with Crippen LogP contribution >= 0.6 is 11.8 Å². The number of hydrogen-bond acceptors (Lipinski definition) is 4. The fraction of sp³-hybridized carbons (Fsp3) is 0.400. The van der Waals surface area contributed by atoms with Crippen molar-refractivity contribution in [2.24, 2.45) is 0 Å². The number of nitrogens with zero attached hydrogens (tertiary/aromatic N) is 2. The van der Waals surface area contributed by atoms with Gasteiger partial charge >= 0.3 is 0 Å². The molecule has 1 aromatic carbocycles. The Morgan fingerprint density at radius 2 is 1.96 bits per heavy atom. The van der Waals surface area contributed by atoms with Gasteiger partial charge in [-0.05, 0) is 37.5 Å². The summed E-state index contributed by atoms with van der Waals surface area (Å²) in [7, 11) is 0. The Kier molecular flexibility index (Phi) is 6.34. The van der Waals surface area contributed by atoms with E-state index in [0.29, 0.717) is 12.1 Å². The van der Waals surface area contributed by atoms with Crippen molar-refractivity contribution in [1.82, 2.24) is 10.3 Å². The van der Waals surface area contributed by atoms with Crippen LogP contribution in [0.2, 0.25) is 0 Å². The van der Waals surface area contributed by atoms with Crippen molar-refractivity contribution in [3.63, 3.8) is 0 Å². The number of pyridine rings is 1. The minimum Gasteiger partial charge on any atom is -0.356 e. The van der Waals surface area contributed by atoms with Gasteiger partial charge in [0.25, 0.3) is 5.91 Å². The van der Waals surface area contributed by atoms with Crippen LogP contribution in [0.5, 0.6) is 0 Å². The van der Waals surface area contributed by atoms with Crippen molar-refractivity contribution in [3.8, 4) is 0 Å². The predicted molar refractivity (Wildman–Crippen MR) is 105 cm³/mol. The summed E-state index contributed by atoms with van der Waals surface area (Å²) in [6, 6.07) is 12.3. The predicted octanol–water partition coefficient (Wildman–Crippen LogP) is 3.65. The monoisotopic (exact) mass is 355 g/mol. The molecule has 5 heteroatoms. The molecule has 0 unspecified atom stereocenters. The molecule has 1 saturated heterocycles. The Hall–Kier alpha value is -2.01. The number of aryl methyl sites for hydroxylation is 1. The topological polar surface area (TPSA) is 45.2 Å². The number of thioether (sulfide) groups is 1. The van der Waals surface area contributed by atoms with Crippen LogP contribution in [0.1, 0.15) is 34.3 Å². The summed E-state index contributed by atoms with van der Waals surface area (Å²) in [6.07, 6.45) is 4.11. The lowest BCUT2D eigenvalue weighted by Crippen LogP contribution is -2.29. The van der Waals surface area contributed by atoms with Gasteiger partial charge in [0.2, 0.25) is 0 Å². The van der Waals surface area contributed by atoms with E-state index in [2.05, 4.69) is 46.4 Å². The first-order valence-corrected chi connectivity index (χ1v) is 10.0. The van der Waals surface area contributed by atoms with E-state index >= 15 is 0 Å². The van der Waals surface area contributed by atoms with Gasteiger partial charge in [-0.3, -0.25) is 4.79 Å². The first-order valence-electron chi connectivity index (χ1n) is 8.85. The number of amides is 1. The van der Waals surface area contributed by atoms with E-state index in [4.69, 9.17) is 0 Å². The van der Waals surface area contributed by atoms with Gasteiger partial charge in [-0.1, -0.05) is 29.8 Å². The average molecular weight is 356 g/mol. The number of rotatable bonds is 7. The van der Waals surface area contributed by atoms with Crippen molar-refractivity contribution >= 4 is 23.5 Å². The number of benzene rings is 1. The molecule has 1 N–H and O–H groups in total. The molecule has 0 aliphatic carbocycles. The van der Waals surface area contributed by atoms with Crippen LogP contribution in [0.15, 0.2) is 42.6 Å². The summed E-state index contributed by atoms with van der Waals surface area (Å²) in [4.78, 5) is 19.1. The molecule has 0 saturated carbocycles. The van der Waals surface area contributed by atoms with E-state index in [0.717, 1.165) is 30.4 Å². The van der Waals surface area contributed by atoms with Gasteiger partial charge in [-0.2, -0.15) is 11.8 Å². The standard InChI is InChI=1S/C20H25N3OS/c1-16-6-8-17(9-7-16)15-25-14-11-22-20(24)18-5-4-10-21-19(18)23-12-2-3-13-23/h4-10H,2-3,11-15H2,1H3,(H,22,24). The zero-order chi connectivity index (χ0) is 17.5. The fourth-order valence-corrected chi connectivity index (χ4v) is 3.78. The number of nitrogens with one attached hydrogen (secondary N) is 1. The third-order valence-electron chi connectivity index (χ3n) is 4.36. The molecule has 1 aromatic heterocycles. The molecule has 2 heterocycles. The van der Waals surface area contributed by atoms with Gasteiger partial charge in [0.05, 0.1) is 5.56 Å². The van der Waals surface area contributed by atoms with E-state index in [1.807, 2.05) is 23.9 Å². The SMILES string of the molecule is Cc1ccc(CSCCNC(=O)c2cccnc2N2CCCC2)cc1. The molecule has 0 bridgehead atoms. The fourth-order valence-electron chi connectivity index (χ4n) is 2.96. The maximum Gasteiger partial charge on any atom is 0.255 e. The Bertz CT molecular complexity index is 696. The summed E-state index contributed by atoms with van der Waals surface area (Å²) in [5.74, 6) is 2.68. The summed E-state index contributed by atoms with van der Waals surface area (Å²) in [5.41, 5.74) is 3.30. The van der Waals surface area contributed by atoms with Gasteiger partial charge in [0.1, 0.15) is 5.82 Å². The molecule has 1 amide bonds. The van der Waals surface area contributed by atoms with Crippen LogP contribution in [-0.4, -0.2) is 36.3 Å². The summed E-state index contributed by atoms with van der Waals surface area (Å²) >= 11 is 1.84. The highest BCUT2D eigenvalue weighted by molar-refractivity contribution is 7.98. The normalized spacial score (nSPS) is 13.9. The highest BCUT2D eigenvalue weighted by Gasteiger charge is 2.20. The van der Waals surface area contributed by atoms with Crippen LogP contribution in [0.25, 0.3) is 0 Å². The molecule has 132 valence electrons. The largest absolute Gasteiger partial charge is 0.356 e. The molecule has 0 spiro atoms. The Labute approximate surface area is 154 Å². The van der Waals surface area contributed by atoms with Gasteiger partial charge in [0, 0.05) is 37.3 Å². The molecule has 0 atom stereocenters. The van der Waals surface area contributed by atoms with Gasteiger partial charge < -0.3 is 10.2 Å². The number of carbonyl (C=O) groups is 1. The number of aromatic nitrogens is 1. The lowest BCUT2D eigenvalue weighted by molar-refractivity contribution is 0.0956. The Balaban J connectivity index is 1.46. The highest BCUT2D eigenvalue weighted by Crippen LogP contribution is 2.21. The maximum absolute atomic E-state index is 12.5. The van der Waals surface area contributed by atoms with Crippen LogP contribution in [0.3, 0.4) is 0 Å². The Morgan fingerprint density at radius 3 is 2.72 bits per heavy atom. The van der Waals surface area contributed by atoms with Crippen LogP contribution < -0.4 is 10.2 Å². The molecule has 3 rings (SSSR count). The third kappa shape index (κ3) is 4.98. The maximum atomic E-state index is 12.5. The second kappa shape index (κ2) is 8.90. The van der Waals surface area contributed by atoms with Crippen LogP contribution in [0, 0.1) is 6.92 Å². The zero-order valence-corrected chi connectivity index (χ0v) is 15.5. The smallest absolute Gasteiger partial charge is 0.255 e. The first kappa shape index (κ1) is 17.8. The van der Waals surface area contributed by atoms with Gasteiger partial charge in [-0.25, -0.2) is 4.98 Å². The number of carbonyl (C=O) groups excluding carboxylic acids is 1. The molecule has 1 aliphatic heterocycles. The van der Waals surface area contributed by atoms with E-state index < -0.39 is 0 Å². The molecule has 0 radical (unpaired) electrons. The second-order valence-electron chi connectivity index (χ2n) is 6.36. The average Bonchev–Trinajstić information content (AvgIpc) is 3.17. The summed E-state index contributed by atoms with van der Waals surface area (Å²) in [6.45, 7) is 4.75. The number of hydrogen-bond donors (Lipinski definition) is 1. The lowest BCUT2D eigenvalue weighted by atomic mass is 10.2. The van der Waals surface area contributed by atoms with Crippen LogP contribution in [-0.2, 0) is 5.75 Å². The van der Waals surface area contributed by atoms with Gasteiger partial charge in [-0.15, -0.1) is 0 Å². The van der Waals surface area contributed by atoms with E-state index in [9.17, 15) is 4.79 Å². The van der Waals surface area contributed by atoms with Crippen molar-refractivity contribution in [2.45, 2.75) is 25.5 Å². The molecule has 2 aromatic rings. The summed E-state index contributed by atoms with van der Waals surface area (Å²) in [5, 5.41) is 3.03. The number of anilines is 1. The second-order valence-corrected chi connectivity index (χ2v) is 7.47. The molecular weight excluding hydrogens is 330 g/mol. The highest BCUT2D eigenvalue weighted by atomic mass is 32.2. The van der Waals surface area contributed by atoms with E-state index in [1.165, 1.54) is 24.0 Å². The molecular formula is C20H25N3OS.